The lowest BCUT2D eigenvalue weighted by atomic mass is 9.89. The number of nitrogens with one attached hydrogen (secondary N) is 2. The average molecular weight is 346 g/mol. The van der Waals surface area contributed by atoms with Gasteiger partial charge in [-0.2, -0.15) is 5.10 Å². The molecule has 0 spiro atoms. The van der Waals surface area contributed by atoms with Gasteiger partial charge in [0.15, 0.2) is 0 Å². The van der Waals surface area contributed by atoms with Gasteiger partial charge in [-0.3, -0.25) is 10.00 Å². The molecule has 0 saturated carbocycles. The van der Waals surface area contributed by atoms with E-state index in [1.807, 2.05) is 19.2 Å². The zero-order valence-electron chi connectivity index (χ0n) is 15.8. The molecule has 1 saturated heterocycles. The first-order chi connectivity index (χ1) is 11.9. The quantitative estimate of drug-likeness (QED) is 0.842. The fraction of sp³-hybridized carbons (Fsp3) is 0.632. The molecule has 6 heteroatoms. The van der Waals surface area contributed by atoms with Crippen LogP contribution in [-0.2, 0) is 16.7 Å². The van der Waals surface area contributed by atoms with Crippen LogP contribution < -0.4 is 5.32 Å². The molecule has 1 aliphatic heterocycles. The summed E-state index contributed by atoms with van der Waals surface area (Å²) in [4.78, 5) is 2.44. The molecule has 0 aromatic carbocycles. The first-order valence-electron chi connectivity index (χ1n) is 9.07. The van der Waals surface area contributed by atoms with Crippen LogP contribution in [-0.4, -0.2) is 47.9 Å². The van der Waals surface area contributed by atoms with Gasteiger partial charge in [-0.1, -0.05) is 20.8 Å². The minimum atomic E-state index is 0.0647. The van der Waals surface area contributed by atoms with Crippen LogP contribution in [0.5, 0.6) is 0 Å². The summed E-state index contributed by atoms with van der Waals surface area (Å²) in [5.41, 5.74) is 2.48. The molecule has 1 fully saturated rings. The first-order valence-corrected chi connectivity index (χ1v) is 9.07. The van der Waals surface area contributed by atoms with Crippen LogP contribution in [0.25, 0.3) is 0 Å². The van der Waals surface area contributed by atoms with Gasteiger partial charge in [0.25, 0.3) is 0 Å². The highest BCUT2D eigenvalue weighted by Crippen LogP contribution is 2.25. The monoisotopic (exact) mass is 346 g/mol. The Labute approximate surface area is 149 Å². The molecule has 0 aliphatic carbocycles. The number of aromatic amines is 1. The highest BCUT2D eigenvalue weighted by atomic mass is 16.5. The van der Waals surface area contributed by atoms with E-state index >= 15 is 0 Å². The molecule has 0 radical (unpaired) electrons. The summed E-state index contributed by atoms with van der Waals surface area (Å²) in [5.74, 6) is 1.98. The number of aromatic nitrogens is 2. The number of hydrogen-bond acceptors (Lipinski definition) is 5. The number of rotatable bonds is 6. The fourth-order valence-electron chi connectivity index (χ4n) is 3.37. The zero-order chi connectivity index (χ0) is 17.9. The summed E-state index contributed by atoms with van der Waals surface area (Å²) >= 11 is 0. The topological polar surface area (TPSA) is 66.3 Å². The van der Waals surface area contributed by atoms with Gasteiger partial charge >= 0.3 is 0 Å². The van der Waals surface area contributed by atoms with Crippen molar-refractivity contribution in [1.29, 1.82) is 0 Å². The van der Waals surface area contributed by atoms with E-state index in [2.05, 4.69) is 47.3 Å². The predicted molar refractivity (Wildman–Crippen MR) is 97.6 cm³/mol. The second-order valence-electron chi connectivity index (χ2n) is 7.76. The van der Waals surface area contributed by atoms with Crippen molar-refractivity contribution in [3.05, 3.63) is 41.1 Å². The molecule has 2 aromatic rings. The van der Waals surface area contributed by atoms with E-state index in [-0.39, 0.29) is 11.5 Å². The minimum Gasteiger partial charge on any atom is -0.465 e. The molecule has 25 heavy (non-hydrogen) atoms. The van der Waals surface area contributed by atoms with Crippen molar-refractivity contribution in [3.63, 3.8) is 0 Å². The lowest BCUT2D eigenvalue weighted by molar-refractivity contribution is 0.0115. The molecule has 1 aliphatic rings. The van der Waals surface area contributed by atoms with Gasteiger partial charge in [-0.25, -0.2) is 0 Å². The Morgan fingerprint density at radius 3 is 2.68 bits per heavy atom. The van der Waals surface area contributed by atoms with Crippen molar-refractivity contribution in [2.45, 2.75) is 45.7 Å². The molecule has 6 nitrogen and oxygen atoms in total. The molecule has 0 amide bonds. The van der Waals surface area contributed by atoms with Crippen molar-refractivity contribution in [2.75, 3.05) is 32.8 Å². The fourth-order valence-corrected chi connectivity index (χ4v) is 3.37. The molecule has 2 aromatic heterocycles. The summed E-state index contributed by atoms with van der Waals surface area (Å²) in [6.45, 7) is 13.7. The van der Waals surface area contributed by atoms with E-state index < -0.39 is 0 Å². The van der Waals surface area contributed by atoms with Crippen LogP contribution in [0.15, 0.2) is 22.7 Å². The summed E-state index contributed by atoms with van der Waals surface area (Å²) in [5, 5.41) is 11.0. The Hall–Kier alpha value is -1.63. The van der Waals surface area contributed by atoms with E-state index in [9.17, 15) is 0 Å². The first kappa shape index (κ1) is 18.2. The van der Waals surface area contributed by atoms with Crippen LogP contribution in [0.2, 0.25) is 0 Å². The highest BCUT2D eigenvalue weighted by molar-refractivity contribution is 5.23. The van der Waals surface area contributed by atoms with Crippen molar-refractivity contribution < 1.29 is 9.15 Å². The van der Waals surface area contributed by atoms with Gasteiger partial charge in [0.05, 0.1) is 25.5 Å². The maximum Gasteiger partial charge on any atom is 0.122 e. The van der Waals surface area contributed by atoms with Crippen LogP contribution in [0.4, 0.5) is 0 Å². The lowest BCUT2D eigenvalue weighted by Crippen LogP contribution is -2.42. The third kappa shape index (κ3) is 4.51. The Bertz CT molecular complexity index is 665. The average Bonchev–Trinajstić information content (AvgIpc) is 3.21. The molecule has 0 bridgehead atoms. The molecule has 2 N–H and O–H groups in total. The minimum absolute atomic E-state index is 0.0647. The second-order valence-corrected chi connectivity index (χ2v) is 7.76. The largest absolute Gasteiger partial charge is 0.465 e. The van der Waals surface area contributed by atoms with Crippen molar-refractivity contribution in [3.8, 4) is 0 Å². The predicted octanol–water partition coefficient (Wildman–Crippen LogP) is 2.77. The van der Waals surface area contributed by atoms with E-state index in [0.29, 0.717) is 0 Å². The van der Waals surface area contributed by atoms with Crippen LogP contribution in [0.3, 0.4) is 0 Å². The van der Waals surface area contributed by atoms with E-state index in [4.69, 9.17) is 9.15 Å². The Morgan fingerprint density at radius 1 is 1.28 bits per heavy atom. The van der Waals surface area contributed by atoms with E-state index in [0.717, 1.165) is 50.9 Å². The summed E-state index contributed by atoms with van der Waals surface area (Å²) < 4.78 is 11.4. The number of morpholine rings is 1. The number of aryl methyl sites for hydroxylation is 1. The van der Waals surface area contributed by atoms with Crippen LogP contribution in [0, 0.1) is 6.92 Å². The molecule has 0 unspecified atom stereocenters. The van der Waals surface area contributed by atoms with Crippen molar-refractivity contribution >= 4 is 0 Å². The standard InChI is InChI=1S/C19H30N4O2/c1-14-5-6-17(25-14)16(23-7-9-24-10-8-23)13-20-11-15-12-21-22-18(15)19(2,3)4/h5-6,12,16,20H,7-11,13H2,1-4H3,(H,21,22)/t16-/m1/s1. The molecule has 3 heterocycles. The number of ether oxygens (including phenoxy) is 1. The molecular formula is C19H30N4O2. The number of H-pyrrole nitrogens is 1. The van der Waals surface area contributed by atoms with Crippen LogP contribution in [0.1, 0.15) is 49.6 Å². The van der Waals surface area contributed by atoms with Gasteiger partial charge in [0.2, 0.25) is 0 Å². The Morgan fingerprint density at radius 2 is 2.04 bits per heavy atom. The highest BCUT2D eigenvalue weighted by Gasteiger charge is 2.25. The normalized spacial score (nSPS) is 17.8. The Kier molecular flexibility index (Phi) is 5.61. The zero-order valence-corrected chi connectivity index (χ0v) is 15.8. The maximum atomic E-state index is 5.92. The SMILES string of the molecule is Cc1ccc([C@@H](CNCc2cn[nH]c2C(C)(C)C)N2CCOCC2)o1. The molecule has 1 atom stereocenters. The maximum absolute atomic E-state index is 5.92. The van der Waals surface area contributed by atoms with Gasteiger partial charge in [-0.05, 0) is 19.1 Å². The summed E-state index contributed by atoms with van der Waals surface area (Å²) in [6, 6.07) is 4.36. The van der Waals surface area contributed by atoms with Gasteiger partial charge in [0.1, 0.15) is 11.5 Å². The number of furan rings is 1. The third-order valence-corrected chi connectivity index (χ3v) is 4.70. The van der Waals surface area contributed by atoms with Gasteiger partial charge in [0, 0.05) is 42.9 Å². The molecule has 138 valence electrons. The summed E-state index contributed by atoms with van der Waals surface area (Å²) in [6.07, 6.45) is 1.92. The van der Waals surface area contributed by atoms with Crippen LogP contribution >= 0.6 is 0 Å². The lowest BCUT2D eigenvalue weighted by Gasteiger charge is -2.33. The van der Waals surface area contributed by atoms with Crippen molar-refractivity contribution in [2.24, 2.45) is 0 Å². The van der Waals surface area contributed by atoms with Gasteiger partial charge < -0.3 is 14.5 Å². The molecule has 3 rings (SSSR count). The smallest absolute Gasteiger partial charge is 0.122 e. The third-order valence-electron chi connectivity index (χ3n) is 4.70. The second kappa shape index (κ2) is 7.72. The summed E-state index contributed by atoms with van der Waals surface area (Å²) in [7, 11) is 0. The number of nitrogens with zero attached hydrogens (tertiary/aromatic N) is 2. The van der Waals surface area contributed by atoms with E-state index in [1.165, 1.54) is 11.3 Å². The number of hydrogen-bond donors (Lipinski definition) is 2. The van der Waals surface area contributed by atoms with Crippen molar-refractivity contribution in [1.82, 2.24) is 20.4 Å². The molecular weight excluding hydrogens is 316 g/mol. The Balaban J connectivity index is 1.66. The van der Waals surface area contributed by atoms with E-state index in [1.54, 1.807) is 0 Å². The van der Waals surface area contributed by atoms with Gasteiger partial charge in [-0.15, -0.1) is 0 Å².